The van der Waals surface area contributed by atoms with Crippen LogP contribution in [0.3, 0.4) is 0 Å². The first-order valence-corrected chi connectivity index (χ1v) is 12.1. The van der Waals surface area contributed by atoms with E-state index in [4.69, 9.17) is 0 Å². The fourth-order valence-electron chi connectivity index (χ4n) is 3.26. The van der Waals surface area contributed by atoms with Crippen LogP contribution in [0.4, 0.5) is 11.4 Å². The molecule has 0 aliphatic carbocycles. The number of hydrogen-bond acceptors (Lipinski definition) is 6. The molecule has 0 saturated heterocycles. The summed E-state index contributed by atoms with van der Waals surface area (Å²) in [5.74, 6) is -0.992. The summed E-state index contributed by atoms with van der Waals surface area (Å²) in [4.78, 5) is 37.7. The van der Waals surface area contributed by atoms with Crippen LogP contribution in [0.1, 0.15) is 25.0 Å². The van der Waals surface area contributed by atoms with E-state index < -0.39 is 33.4 Å². The molecule has 1 N–H and O–H groups in total. The van der Waals surface area contributed by atoms with Gasteiger partial charge in [-0.25, -0.2) is 8.42 Å². The van der Waals surface area contributed by atoms with Gasteiger partial charge < -0.3 is 10.2 Å². The number of likely N-dealkylation sites (N-methyl/N-ethyl adjacent to an activating group) is 1. The number of aryl methyl sites for hydroxylation is 1. The number of hydrogen-bond donors (Lipinski definition) is 1. The highest BCUT2D eigenvalue weighted by atomic mass is 32.2. The Morgan fingerprint density at radius 3 is 2.33 bits per heavy atom. The number of carbonyl (C=O) groups excluding carboxylic acids is 2. The molecule has 0 fully saturated rings. The van der Waals surface area contributed by atoms with Crippen LogP contribution < -0.4 is 9.62 Å². The van der Waals surface area contributed by atoms with Gasteiger partial charge in [-0.05, 0) is 31.9 Å². The van der Waals surface area contributed by atoms with Crippen LogP contribution in [0, 0.1) is 17.0 Å². The van der Waals surface area contributed by atoms with E-state index in [9.17, 15) is 28.1 Å². The van der Waals surface area contributed by atoms with Gasteiger partial charge in [0.1, 0.15) is 12.6 Å². The molecule has 0 unspecified atom stereocenters. The number of benzene rings is 2. The third-order valence-electron chi connectivity index (χ3n) is 5.07. The van der Waals surface area contributed by atoms with Gasteiger partial charge in [0.05, 0.1) is 16.9 Å². The Kier molecular flexibility index (Phi) is 8.52. The zero-order chi connectivity index (χ0) is 24.8. The smallest absolute Gasteiger partial charge is 0.271 e. The molecular weight excluding hydrogens is 448 g/mol. The number of rotatable bonds is 10. The number of nitro groups is 1. The number of nitrogens with one attached hydrogen (secondary N) is 1. The highest BCUT2D eigenvalue weighted by molar-refractivity contribution is 7.92. The second kappa shape index (κ2) is 10.9. The van der Waals surface area contributed by atoms with Crippen LogP contribution in [0.15, 0.2) is 48.5 Å². The van der Waals surface area contributed by atoms with Crippen LogP contribution in [0.5, 0.6) is 0 Å². The van der Waals surface area contributed by atoms with Crippen LogP contribution in [0.25, 0.3) is 0 Å². The maximum absolute atomic E-state index is 13.4. The van der Waals surface area contributed by atoms with Gasteiger partial charge in [0.25, 0.3) is 5.69 Å². The molecule has 2 aromatic carbocycles. The van der Waals surface area contributed by atoms with Crippen molar-refractivity contribution in [2.75, 3.05) is 23.7 Å². The molecule has 0 heterocycles. The maximum Gasteiger partial charge on any atom is 0.271 e. The van der Waals surface area contributed by atoms with Gasteiger partial charge in [-0.1, -0.05) is 36.4 Å². The standard InChI is InChI=1S/C22H28N4O6S/c1-5-23-22(28)17(3)24(14-18-9-7-6-8-10-18)21(27)15-25(33(4,31)32)20-13-19(26(29)30)12-11-16(20)2/h6-13,17H,5,14-15H2,1-4H3,(H,23,28)/t17-/m0/s1. The molecule has 0 saturated carbocycles. The van der Waals surface area contributed by atoms with E-state index in [1.54, 1.807) is 45.0 Å². The number of nitro benzene ring substituents is 1. The Morgan fingerprint density at radius 2 is 1.79 bits per heavy atom. The van der Waals surface area contributed by atoms with Gasteiger partial charge in [-0.3, -0.25) is 24.0 Å². The first-order valence-electron chi connectivity index (χ1n) is 10.3. The third kappa shape index (κ3) is 6.75. The molecule has 0 radical (unpaired) electrons. The van der Waals surface area contributed by atoms with E-state index in [0.717, 1.165) is 22.2 Å². The summed E-state index contributed by atoms with van der Waals surface area (Å²) in [5, 5.41) is 13.9. The number of sulfonamides is 1. The van der Waals surface area contributed by atoms with E-state index in [-0.39, 0.29) is 23.8 Å². The number of anilines is 1. The number of carbonyl (C=O) groups is 2. The third-order valence-corrected chi connectivity index (χ3v) is 6.19. The Balaban J connectivity index is 2.46. The number of non-ortho nitro benzene ring substituents is 1. The lowest BCUT2D eigenvalue weighted by Gasteiger charge is -2.31. The maximum atomic E-state index is 13.4. The lowest BCUT2D eigenvalue weighted by molar-refractivity contribution is -0.384. The SMILES string of the molecule is CCNC(=O)[C@H](C)N(Cc1ccccc1)C(=O)CN(c1cc([N+](=O)[O-])ccc1C)S(C)(=O)=O. The van der Waals surface area contributed by atoms with Gasteiger partial charge in [0.15, 0.2) is 0 Å². The van der Waals surface area contributed by atoms with Crippen molar-refractivity contribution in [1.29, 1.82) is 0 Å². The summed E-state index contributed by atoms with van der Waals surface area (Å²) in [6.45, 7) is 4.76. The van der Waals surface area contributed by atoms with Crippen molar-refractivity contribution in [3.63, 3.8) is 0 Å². The van der Waals surface area contributed by atoms with Crippen LogP contribution >= 0.6 is 0 Å². The molecule has 178 valence electrons. The molecule has 1 atom stereocenters. The highest BCUT2D eigenvalue weighted by Gasteiger charge is 2.31. The van der Waals surface area contributed by atoms with Crippen molar-refractivity contribution < 1.29 is 22.9 Å². The lowest BCUT2D eigenvalue weighted by atomic mass is 10.1. The summed E-state index contributed by atoms with van der Waals surface area (Å²) >= 11 is 0. The van der Waals surface area contributed by atoms with Crippen LogP contribution in [0.2, 0.25) is 0 Å². The molecule has 0 bridgehead atoms. The van der Waals surface area contributed by atoms with E-state index in [2.05, 4.69) is 5.32 Å². The van der Waals surface area contributed by atoms with Crippen LogP contribution in [-0.2, 0) is 26.2 Å². The Hall–Kier alpha value is -3.47. The predicted molar refractivity (Wildman–Crippen MR) is 125 cm³/mol. The molecule has 0 aromatic heterocycles. The second-order valence-electron chi connectivity index (χ2n) is 7.58. The van der Waals surface area contributed by atoms with E-state index >= 15 is 0 Å². The first-order chi connectivity index (χ1) is 15.5. The van der Waals surface area contributed by atoms with Gasteiger partial charge in [0, 0.05) is 25.2 Å². The molecular formula is C22H28N4O6S. The largest absolute Gasteiger partial charge is 0.355 e. The molecule has 10 nitrogen and oxygen atoms in total. The molecule has 2 aromatic rings. The zero-order valence-corrected chi connectivity index (χ0v) is 19.8. The van der Waals surface area contributed by atoms with Crippen molar-refractivity contribution in [3.05, 3.63) is 69.8 Å². The molecule has 0 aliphatic heterocycles. The summed E-state index contributed by atoms with van der Waals surface area (Å²) in [5.41, 5.74) is 0.948. The molecule has 0 aliphatic rings. The minimum absolute atomic E-state index is 0.0328. The Bertz CT molecular complexity index is 1120. The van der Waals surface area contributed by atoms with Crippen molar-refractivity contribution in [1.82, 2.24) is 10.2 Å². The lowest BCUT2D eigenvalue weighted by Crippen LogP contribution is -2.51. The summed E-state index contributed by atoms with van der Waals surface area (Å²) < 4.78 is 26.0. The first kappa shape index (κ1) is 25.8. The summed E-state index contributed by atoms with van der Waals surface area (Å²) in [6.07, 6.45) is 0.924. The molecule has 11 heteroatoms. The quantitative estimate of drug-likeness (QED) is 0.413. The zero-order valence-electron chi connectivity index (χ0n) is 19.0. The minimum atomic E-state index is -3.98. The summed E-state index contributed by atoms with van der Waals surface area (Å²) in [6, 6.07) is 11.9. The number of amides is 2. The average molecular weight is 477 g/mol. The average Bonchev–Trinajstić information content (AvgIpc) is 2.75. The van der Waals surface area contributed by atoms with E-state index in [1.807, 2.05) is 6.07 Å². The normalized spacial score (nSPS) is 12.0. The summed E-state index contributed by atoms with van der Waals surface area (Å²) in [7, 11) is -3.98. The fraction of sp³-hybridized carbons (Fsp3) is 0.364. The van der Waals surface area contributed by atoms with Gasteiger partial charge in [0.2, 0.25) is 21.8 Å². The molecule has 33 heavy (non-hydrogen) atoms. The number of nitrogens with zero attached hydrogens (tertiary/aromatic N) is 3. The Labute approximate surface area is 193 Å². The van der Waals surface area contributed by atoms with Crippen molar-refractivity contribution >= 4 is 33.2 Å². The fourth-order valence-corrected chi connectivity index (χ4v) is 4.16. The van der Waals surface area contributed by atoms with Crippen molar-refractivity contribution in [3.8, 4) is 0 Å². The molecule has 2 rings (SSSR count). The molecule has 2 amide bonds. The monoisotopic (exact) mass is 476 g/mol. The van der Waals surface area contributed by atoms with Crippen molar-refractivity contribution in [2.24, 2.45) is 0 Å². The molecule has 0 spiro atoms. The van der Waals surface area contributed by atoms with Gasteiger partial charge in [-0.2, -0.15) is 0 Å². The topological polar surface area (TPSA) is 130 Å². The van der Waals surface area contributed by atoms with Crippen molar-refractivity contribution in [2.45, 2.75) is 33.4 Å². The predicted octanol–water partition coefficient (Wildman–Crippen LogP) is 2.22. The van der Waals surface area contributed by atoms with Gasteiger partial charge in [-0.15, -0.1) is 0 Å². The van der Waals surface area contributed by atoms with E-state index in [1.165, 1.54) is 17.0 Å². The minimum Gasteiger partial charge on any atom is -0.355 e. The van der Waals surface area contributed by atoms with Crippen LogP contribution in [-0.4, -0.2) is 55.4 Å². The Morgan fingerprint density at radius 1 is 1.15 bits per heavy atom. The highest BCUT2D eigenvalue weighted by Crippen LogP contribution is 2.27. The van der Waals surface area contributed by atoms with E-state index in [0.29, 0.717) is 12.1 Å². The second-order valence-corrected chi connectivity index (χ2v) is 9.48. The van der Waals surface area contributed by atoms with Gasteiger partial charge >= 0.3 is 0 Å².